The monoisotopic (exact) mass is 296 g/mol. The minimum atomic E-state index is 0.191. The SMILES string of the molecule is Cc1cc(C(=O)CSc2ccc(Cl)cc2)c(C)s1. The minimum absolute atomic E-state index is 0.191. The maximum atomic E-state index is 12.1. The summed E-state index contributed by atoms with van der Waals surface area (Å²) in [6, 6.07) is 9.53. The van der Waals surface area contributed by atoms with E-state index in [0.29, 0.717) is 5.75 Å². The smallest absolute Gasteiger partial charge is 0.174 e. The quantitative estimate of drug-likeness (QED) is 0.584. The third-order valence-electron chi connectivity index (χ3n) is 2.52. The van der Waals surface area contributed by atoms with E-state index < -0.39 is 0 Å². The highest BCUT2D eigenvalue weighted by Crippen LogP contribution is 2.25. The Kier molecular flexibility index (Phi) is 4.49. The molecule has 1 heterocycles. The van der Waals surface area contributed by atoms with Crippen LogP contribution in [0, 0.1) is 13.8 Å². The van der Waals surface area contributed by atoms with Crippen LogP contribution >= 0.6 is 34.7 Å². The zero-order valence-corrected chi connectivity index (χ0v) is 12.6. The fraction of sp³-hybridized carbons (Fsp3) is 0.214. The number of Topliss-reactive ketones (excluding diaryl/α,β-unsaturated/α-hetero) is 1. The van der Waals surface area contributed by atoms with Crippen LogP contribution < -0.4 is 0 Å². The molecule has 18 heavy (non-hydrogen) atoms. The molecule has 1 aromatic carbocycles. The maximum absolute atomic E-state index is 12.1. The van der Waals surface area contributed by atoms with Crippen molar-refractivity contribution in [3.05, 3.63) is 50.7 Å². The predicted molar refractivity (Wildman–Crippen MR) is 80.3 cm³/mol. The van der Waals surface area contributed by atoms with Crippen molar-refractivity contribution in [2.75, 3.05) is 5.75 Å². The Morgan fingerprint density at radius 3 is 2.50 bits per heavy atom. The highest BCUT2D eigenvalue weighted by molar-refractivity contribution is 8.00. The Balaban J connectivity index is 2.00. The molecule has 0 N–H and O–H groups in total. The Bertz CT molecular complexity index is 558. The number of benzene rings is 1. The molecule has 0 aliphatic heterocycles. The van der Waals surface area contributed by atoms with Crippen LogP contribution in [0.5, 0.6) is 0 Å². The number of aryl methyl sites for hydroxylation is 2. The summed E-state index contributed by atoms with van der Waals surface area (Å²) in [5.74, 6) is 0.662. The molecule has 2 aromatic rings. The lowest BCUT2D eigenvalue weighted by Crippen LogP contribution is -2.02. The summed E-state index contributed by atoms with van der Waals surface area (Å²) in [6.07, 6.45) is 0. The topological polar surface area (TPSA) is 17.1 Å². The van der Waals surface area contributed by atoms with Crippen LogP contribution in [0.15, 0.2) is 35.2 Å². The van der Waals surface area contributed by atoms with Gasteiger partial charge in [0, 0.05) is 25.2 Å². The van der Waals surface area contributed by atoms with Crippen LogP contribution in [-0.4, -0.2) is 11.5 Å². The molecule has 2 rings (SSSR count). The Morgan fingerprint density at radius 2 is 1.94 bits per heavy atom. The number of carbonyl (C=O) groups is 1. The van der Waals surface area contributed by atoms with Crippen LogP contribution in [0.25, 0.3) is 0 Å². The first kappa shape index (κ1) is 13.7. The number of carbonyl (C=O) groups excluding carboxylic acids is 1. The largest absolute Gasteiger partial charge is 0.293 e. The predicted octanol–water partition coefficient (Wildman–Crippen LogP) is 4.99. The van der Waals surface area contributed by atoms with E-state index in [1.807, 2.05) is 44.2 Å². The lowest BCUT2D eigenvalue weighted by atomic mass is 10.2. The number of halogens is 1. The fourth-order valence-corrected chi connectivity index (χ4v) is 3.52. The maximum Gasteiger partial charge on any atom is 0.174 e. The molecule has 0 saturated heterocycles. The van der Waals surface area contributed by atoms with Gasteiger partial charge >= 0.3 is 0 Å². The van der Waals surface area contributed by atoms with Gasteiger partial charge in [-0.3, -0.25) is 4.79 Å². The first-order valence-electron chi connectivity index (χ1n) is 5.55. The molecule has 0 fully saturated rings. The van der Waals surface area contributed by atoms with Gasteiger partial charge in [0.1, 0.15) is 0 Å². The number of hydrogen-bond donors (Lipinski definition) is 0. The normalized spacial score (nSPS) is 10.6. The first-order chi connectivity index (χ1) is 8.56. The summed E-state index contributed by atoms with van der Waals surface area (Å²) in [4.78, 5) is 15.4. The van der Waals surface area contributed by atoms with Gasteiger partial charge in [0.05, 0.1) is 5.75 Å². The summed E-state index contributed by atoms with van der Waals surface area (Å²) < 4.78 is 0. The van der Waals surface area contributed by atoms with Crippen molar-refractivity contribution in [3.63, 3.8) is 0 Å². The molecule has 1 nitrogen and oxygen atoms in total. The van der Waals surface area contributed by atoms with Crippen LogP contribution in [0.1, 0.15) is 20.1 Å². The van der Waals surface area contributed by atoms with Crippen LogP contribution in [-0.2, 0) is 0 Å². The third kappa shape index (κ3) is 3.37. The van der Waals surface area contributed by atoms with Gasteiger partial charge < -0.3 is 0 Å². The van der Waals surface area contributed by atoms with Gasteiger partial charge in [0.25, 0.3) is 0 Å². The molecule has 0 unspecified atom stereocenters. The second kappa shape index (κ2) is 5.91. The summed E-state index contributed by atoms with van der Waals surface area (Å²) in [6.45, 7) is 4.03. The second-order valence-electron chi connectivity index (χ2n) is 3.99. The summed E-state index contributed by atoms with van der Waals surface area (Å²) in [7, 11) is 0. The van der Waals surface area contributed by atoms with Gasteiger partial charge in [-0.2, -0.15) is 0 Å². The molecule has 0 amide bonds. The Labute approximate surface area is 120 Å². The molecule has 0 saturated carbocycles. The fourth-order valence-electron chi connectivity index (χ4n) is 1.67. The van der Waals surface area contributed by atoms with Crippen molar-refractivity contribution in [2.24, 2.45) is 0 Å². The Hall–Kier alpha value is -0.770. The number of rotatable bonds is 4. The van der Waals surface area contributed by atoms with E-state index in [4.69, 9.17) is 11.6 Å². The molecule has 0 spiro atoms. The van der Waals surface area contributed by atoms with E-state index in [1.165, 1.54) is 4.88 Å². The van der Waals surface area contributed by atoms with Crippen LogP contribution in [0.4, 0.5) is 0 Å². The summed E-state index contributed by atoms with van der Waals surface area (Å²) in [5, 5.41) is 0.718. The molecule has 0 aliphatic rings. The lowest BCUT2D eigenvalue weighted by Gasteiger charge is -2.01. The van der Waals surface area contributed by atoms with E-state index in [0.717, 1.165) is 20.4 Å². The van der Waals surface area contributed by atoms with E-state index in [2.05, 4.69) is 0 Å². The van der Waals surface area contributed by atoms with Gasteiger partial charge in [-0.25, -0.2) is 0 Å². The molecule has 94 valence electrons. The van der Waals surface area contributed by atoms with Gasteiger partial charge in [-0.1, -0.05) is 11.6 Å². The average molecular weight is 297 g/mol. The van der Waals surface area contributed by atoms with E-state index >= 15 is 0 Å². The zero-order chi connectivity index (χ0) is 13.1. The van der Waals surface area contributed by atoms with Gasteiger partial charge in [0.15, 0.2) is 5.78 Å². The lowest BCUT2D eigenvalue weighted by molar-refractivity contribution is 0.102. The van der Waals surface area contributed by atoms with E-state index in [1.54, 1.807) is 23.1 Å². The summed E-state index contributed by atoms with van der Waals surface area (Å²) in [5.41, 5.74) is 0.860. The van der Waals surface area contributed by atoms with Gasteiger partial charge in [0.2, 0.25) is 0 Å². The highest BCUT2D eigenvalue weighted by Gasteiger charge is 2.12. The van der Waals surface area contributed by atoms with Crippen molar-refractivity contribution in [3.8, 4) is 0 Å². The first-order valence-corrected chi connectivity index (χ1v) is 7.73. The number of hydrogen-bond acceptors (Lipinski definition) is 3. The standard InChI is InChI=1S/C14H13ClOS2/c1-9-7-13(10(2)18-9)14(16)8-17-12-5-3-11(15)4-6-12/h3-7H,8H2,1-2H3. The van der Waals surface area contributed by atoms with Gasteiger partial charge in [-0.05, 0) is 44.2 Å². The van der Waals surface area contributed by atoms with E-state index in [-0.39, 0.29) is 5.78 Å². The zero-order valence-electron chi connectivity index (χ0n) is 10.2. The van der Waals surface area contributed by atoms with Gasteiger partial charge in [-0.15, -0.1) is 23.1 Å². The second-order valence-corrected chi connectivity index (χ2v) is 6.94. The molecule has 0 radical (unpaired) electrons. The molecule has 1 aromatic heterocycles. The minimum Gasteiger partial charge on any atom is -0.293 e. The molecule has 0 atom stereocenters. The number of thioether (sulfide) groups is 1. The highest BCUT2D eigenvalue weighted by atomic mass is 35.5. The van der Waals surface area contributed by atoms with Crippen molar-refractivity contribution < 1.29 is 4.79 Å². The van der Waals surface area contributed by atoms with Crippen LogP contribution in [0.3, 0.4) is 0 Å². The third-order valence-corrected chi connectivity index (χ3v) is 4.75. The van der Waals surface area contributed by atoms with Crippen molar-refractivity contribution in [2.45, 2.75) is 18.7 Å². The van der Waals surface area contributed by atoms with Crippen molar-refractivity contribution in [1.29, 1.82) is 0 Å². The number of ketones is 1. The molecule has 4 heteroatoms. The molecular weight excluding hydrogens is 284 g/mol. The molecule has 0 bridgehead atoms. The molecule has 0 aliphatic carbocycles. The van der Waals surface area contributed by atoms with Crippen molar-refractivity contribution >= 4 is 40.5 Å². The van der Waals surface area contributed by atoms with Crippen molar-refractivity contribution in [1.82, 2.24) is 0 Å². The summed E-state index contributed by atoms with van der Waals surface area (Å²) >= 11 is 9.04. The van der Waals surface area contributed by atoms with Crippen LogP contribution in [0.2, 0.25) is 5.02 Å². The van der Waals surface area contributed by atoms with E-state index in [9.17, 15) is 4.79 Å². The average Bonchev–Trinajstić information content (AvgIpc) is 2.67. The molecular formula is C14H13ClOS2. The number of thiophene rings is 1. The Morgan fingerprint density at radius 1 is 1.28 bits per heavy atom.